The van der Waals surface area contributed by atoms with Crippen LogP contribution in [0.15, 0.2) is 36.7 Å². The summed E-state index contributed by atoms with van der Waals surface area (Å²) in [5.41, 5.74) is 0.725. The van der Waals surface area contributed by atoms with Crippen molar-refractivity contribution in [3.05, 3.63) is 42.2 Å². The molecule has 0 saturated heterocycles. The highest BCUT2D eigenvalue weighted by Crippen LogP contribution is 2.17. The third-order valence-corrected chi connectivity index (χ3v) is 2.69. The Morgan fingerprint density at radius 1 is 1.12 bits per heavy atom. The molecule has 1 aromatic carbocycles. The minimum absolute atomic E-state index is 0.00433. The first kappa shape index (κ1) is 10.6. The zero-order valence-electron chi connectivity index (χ0n) is 9.86. The Balaban J connectivity index is 2.80. The van der Waals surface area contributed by atoms with Gasteiger partial charge in [0.25, 0.3) is 0 Å². The lowest BCUT2D eigenvalue weighted by Gasteiger charge is -2.13. The highest BCUT2D eigenvalue weighted by Gasteiger charge is 2.22. The lowest BCUT2D eigenvalue weighted by molar-refractivity contribution is -0.753. The van der Waals surface area contributed by atoms with E-state index in [1.165, 1.54) is 0 Å². The number of hydrogen-bond acceptors (Lipinski definition) is 1. The van der Waals surface area contributed by atoms with Gasteiger partial charge in [0.15, 0.2) is 17.9 Å². The van der Waals surface area contributed by atoms with E-state index in [4.69, 9.17) is 5.26 Å². The molecule has 0 fully saturated rings. The minimum Gasteiger partial charge on any atom is -0.199 e. The smallest absolute Gasteiger partial charge is 0.187 e. The van der Waals surface area contributed by atoms with Crippen LogP contribution in [-0.4, -0.2) is 0 Å². The van der Waals surface area contributed by atoms with Crippen molar-refractivity contribution in [3.8, 4) is 6.07 Å². The third-order valence-electron chi connectivity index (χ3n) is 2.69. The van der Waals surface area contributed by atoms with Crippen LogP contribution in [0.25, 0.3) is 10.8 Å². The number of hydrogen-bond donors (Lipinski definition) is 0. The van der Waals surface area contributed by atoms with Gasteiger partial charge in [0.2, 0.25) is 0 Å². The molecule has 0 saturated carbocycles. The first-order valence-corrected chi connectivity index (χ1v) is 5.37. The molecule has 0 unspecified atom stereocenters. The molecule has 2 heteroatoms. The van der Waals surface area contributed by atoms with Gasteiger partial charge in [-0.1, -0.05) is 18.2 Å². The molecule has 1 heterocycles. The average molecular weight is 211 g/mol. The number of nitrogens with zero attached hydrogens (tertiary/aromatic N) is 2. The monoisotopic (exact) mass is 211 g/mol. The molecule has 0 bridgehead atoms. The maximum atomic E-state index is 9.16. The van der Waals surface area contributed by atoms with Crippen LogP contribution in [0.5, 0.6) is 0 Å². The zero-order chi connectivity index (χ0) is 11.8. The zero-order valence-corrected chi connectivity index (χ0v) is 9.86. The van der Waals surface area contributed by atoms with Gasteiger partial charge >= 0.3 is 0 Å². The predicted octanol–water partition coefficient (Wildman–Crippen LogP) is 2.75. The fourth-order valence-corrected chi connectivity index (χ4v) is 1.73. The van der Waals surface area contributed by atoms with Crippen molar-refractivity contribution in [1.29, 1.82) is 5.26 Å². The van der Waals surface area contributed by atoms with Gasteiger partial charge in [-0.2, -0.15) is 9.83 Å². The van der Waals surface area contributed by atoms with Gasteiger partial charge in [0, 0.05) is 31.5 Å². The van der Waals surface area contributed by atoms with Gasteiger partial charge < -0.3 is 0 Å². The van der Waals surface area contributed by atoms with Gasteiger partial charge in [-0.25, -0.2) is 0 Å². The summed E-state index contributed by atoms with van der Waals surface area (Å²) >= 11 is 0. The van der Waals surface area contributed by atoms with E-state index in [1.807, 2.05) is 30.5 Å². The fourth-order valence-electron chi connectivity index (χ4n) is 1.73. The molecule has 16 heavy (non-hydrogen) atoms. The second-order valence-electron chi connectivity index (χ2n) is 4.95. The van der Waals surface area contributed by atoms with Gasteiger partial charge in [-0.3, -0.25) is 0 Å². The lowest BCUT2D eigenvalue weighted by atomic mass is 10.0. The van der Waals surface area contributed by atoms with Crippen LogP contribution in [0.1, 0.15) is 26.3 Å². The maximum Gasteiger partial charge on any atom is 0.187 e. The summed E-state index contributed by atoms with van der Waals surface area (Å²) in [7, 11) is 0. The van der Waals surface area contributed by atoms with Gasteiger partial charge in [-0.15, -0.1) is 0 Å². The molecule has 0 amide bonds. The largest absolute Gasteiger partial charge is 0.199 e. The molecule has 2 aromatic rings. The van der Waals surface area contributed by atoms with Crippen molar-refractivity contribution < 1.29 is 4.57 Å². The Morgan fingerprint density at radius 2 is 1.81 bits per heavy atom. The second kappa shape index (κ2) is 3.61. The van der Waals surface area contributed by atoms with E-state index in [2.05, 4.69) is 37.6 Å². The number of fused-ring (bicyclic) bond motifs is 1. The van der Waals surface area contributed by atoms with Crippen molar-refractivity contribution >= 4 is 10.8 Å². The van der Waals surface area contributed by atoms with Gasteiger partial charge in [-0.05, 0) is 6.07 Å². The average Bonchev–Trinajstić information content (AvgIpc) is 2.26. The Hall–Kier alpha value is -1.88. The van der Waals surface area contributed by atoms with Crippen LogP contribution in [0.2, 0.25) is 0 Å². The Bertz CT molecular complexity index is 571. The number of aromatic nitrogens is 1. The van der Waals surface area contributed by atoms with Crippen LogP contribution in [-0.2, 0) is 5.54 Å². The summed E-state index contributed by atoms with van der Waals surface area (Å²) in [4.78, 5) is 0. The summed E-state index contributed by atoms with van der Waals surface area (Å²) in [5, 5.41) is 11.3. The quantitative estimate of drug-likeness (QED) is 0.616. The third kappa shape index (κ3) is 1.77. The summed E-state index contributed by atoms with van der Waals surface area (Å²) in [6, 6.07) is 10.2. The highest BCUT2D eigenvalue weighted by atomic mass is 15.0. The lowest BCUT2D eigenvalue weighted by Crippen LogP contribution is -2.49. The number of nitriles is 1. The summed E-state index contributed by atoms with van der Waals surface area (Å²) in [6.07, 6.45) is 4.01. The SMILES string of the molecule is CC(C)(C)[n+]1cc(C#N)c2ccccc2c1. The summed E-state index contributed by atoms with van der Waals surface area (Å²) in [6.45, 7) is 6.38. The molecule has 0 spiro atoms. The molecule has 0 aliphatic rings. The Kier molecular flexibility index (Phi) is 2.40. The van der Waals surface area contributed by atoms with E-state index in [0.717, 1.165) is 16.3 Å². The van der Waals surface area contributed by atoms with Crippen LogP contribution in [0.3, 0.4) is 0 Å². The molecule has 0 N–H and O–H groups in total. The first-order chi connectivity index (χ1) is 7.52. The van der Waals surface area contributed by atoms with Crippen LogP contribution in [0.4, 0.5) is 0 Å². The predicted molar refractivity (Wildman–Crippen MR) is 63.9 cm³/mol. The molecule has 0 radical (unpaired) electrons. The van der Waals surface area contributed by atoms with Crippen molar-refractivity contribution in [2.24, 2.45) is 0 Å². The Morgan fingerprint density at radius 3 is 2.44 bits per heavy atom. The molecule has 80 valence electrons. The molecule has 2 rings (SSSR count). The first-order valence-electron chi connectivity index (χ1n) is 5.37. The van der Waals surface area contributed by atoms with Crippen molar-refractivity contribution in [3.63, 3.8) is 0 Å². The van der Waals surface area contributed by atoms with E-state index < -0.39 is 0 Å². The molecule has 1 aromatic heterocycles. The van der Waals surface area contributed by atoms with E-state index in [1.54, 1.807) is 0 Å². The molecular weight excluding hydrogens is 196 g/mol. The molecule has 0 aliphatic heterocycles. The molecule has 0 aliphatic carbocycles. The van der Waals surface area contributed by atoms with Crippen molar-refractivity contribution in [1.82, 2.24) is 0 Å². The van der Waals surface area contributed by atoms with Gasteiger partial charge in [0.1, 0.15) is 11.6 Å². The van der Waals surface area contributed by atoms with Crippen LogP contribution >= 0.6 is 0 Å². The van der Waals surface area contributed by atoms with E-state index in [0.29, 0.717) is 0 Å². The summed E-state index contributed by atoms with van der Waals surface area (Å²) in [5.74, 6) is 0. The van der Waals surface area contributed by atoms with Crippen LogP contribution < -0.4 is 4.57 Å². The topological polar surface area (TPSA) is 27.7 Å². The highest BCUT2D eigenvalue weighted by molar-refractivity contribution is 5.85. The van der Waals surface area contributed by atoms with Gasteiger partial charge in [0.05, 0.1) is 0 Å². The minimum atomic E-state index is -0.00433. The maximum absolute atomic E-state index is 9.16. The summed E-state index contributed by atoms with van der Waals surface area (Å²) < 4.78 is 2.09. The van der Waals surface area contributed by atoms with E-state index >= 15 is 0 Å². The number of rotatable bonds is 0. The van der Waals surface area contributed by atoms with Crippen molar-refractivity contribution in [2.75, 3.05) is 0 Å². The standard InChI is InChI=1S/C14H15N2/c1-14(2,3)16-9-11-6-4-5-7-13(11)12(8-15)10-16/h4-7,9-10H,1-3H3/q+1. The normalized spacial score (nSPS) is 11.4. The molecule has 0 atom stereocenters. The number of benzene rings is 1. The fraction of sp³-hybridized carbons (Fsp3) is 0.286. The second-order valence-corrected chi connectivity index (χ2v) is 4.95. The molecule has 2 nitrogen and oxygen atoms in total. The Labute approximate surface area is 95.8 Å². The van der Waals surface area contributed by atoms with E-state index in [-0.39, 0.29) is 5.54 Å². The molecular formula is C14H15N2+. The van der Waals surface area contributed by atoms with Crippen molar-refractivity contribution in [2.45, 2.75) is 26.3 Å². The van der Waals surface area contributed by atoms with E-state index in [9.17, 15) is 0 Å². The number of pyridine rings is 1. The van der Waals surface area contributed by atoms with Crippen LogP contribution in [0, 0.1) is 11.3 Å².